The van der Waals surface area contributed by atoms with Crippen LogP contribution in [0.3, 0.4) is 0 Å². The van der Waals surface area contributed by atoms with Gasteiger partial charge in [-0.3, -0.25) is 14.3 Å². The van der Waals surface area contributed by atoms with Crippen LogP contribution in [0.15, 0.2) is 29.8 Å². The molecule has 1 atom stereocenters. The summed E-state index contributed by atoms with van der Waals surface area (Å²) in [4.78, 5) is 30.2. The summed E-state index contributed by atoms with van der Waals surface area (Å²) < 4.78 is 6.93. The topological polar surface area (TPSA) is 87.9 Å². The van der Waals surface area contributed by atoms with E-state index in [9.17, 15) is 14.7 Å². The lowest BCUT2D eigenvalue weighted by molar-refractivity contribution is -0.140. The fourth-order valence-electron chi connectivity index (χ4n) is 4.75. The first-order valence-electron chi connectivity index (χ1n) is 11.0. The van der Waals surface area contributed by atoms with Gasteiger partial charge in [0.05, 0.1) is 30.0 Å². The molecule has 1 N–H and O–H groups in total. The average molecular weight is 439 g/mol. The molecule has 32 heavy (non-hydrogen) atoms. The van der Waals surface area contributed by atoms with Crippen molar-refractivity contribution in [2.75, 3.05) is 33.3 Å². The van der Waals surface area contributed by atoms with Crippen molar-refractivity contribution in [1.82, 2.24) is 19.6 Å². The molecule has 170 valence electrons. The van der Waals surface area contributed by atoms with Crippen molar-refractivity contribution in [2.45, 2.75) is 32.7 Å². The zero-order chi connectivity index (χ0) is 23.0. The van der Waals surface area contributed by atoms with Crippen LogP contribution in [0.25, 0.3) is 5.76 Å². The maximum Gasteiger partial charge on any atom is 0.295 e. The van der Waals surface area contributed by atoms with E-state index in [2.05, 4.69) is 10.00 Å². The molecule has 4 rings (SSSR count). The van der Waals surface area contributed by atoms with E-state index in [1.165, 1.54) is 0 Å². The van der Waals surface area contributed by atoms with Crippen molar-refractivity contribution in [3.63, 3.8) is 0 Å². The highest BCUT2D eigenvalue weighted by atomic mass is 16.5. The average Bonchev–Trinajstić information content (AvgIpc) is 3.45. The number of likely N-dealkylation sites (tertiary alicyclic amines) is 2. The van der Waals surface area contributed by atoms with Crippen LogP contribution in [0.5, 0.6) is 5.75 Å². The first-order chi connectivity index (χ1) is 15.3. The van der Waals surface area contributed by atoms with E-state index < -0.39 is 17.7 Å². The Morgan fingerprint density at radius 3 is 2.34 bits per heavy atom. The minimum atomic E-state index is -0.664. The number of ketones is 1. The first-order valence-corrected chi connectivity index (χ1v) is 11.0. The summed E-state index contributed by atoms with van der Waals surface area (Å²) in [5.41, 5.74) is 2.72. The largest absolute Gasteiger partial charge is 0.507 e. The van der Waals surface area contributed by atoms with Gasteiger partial charge in [0.1, 0.15) is 11.5 Å². The zero-order valence-corrected chi connectivity index (χ0v) is 19.1. The van der Waals surface area contributed by atoms with Crippen molar-refractivity contribution in [3.05, 3.63) is 52.4 Å². The molecule has 2 saturated heterocycles. The molecule has 3 heterocycles. The summed E-state index contributed by atoms with van der Waals surface area (Å²) in [5.74, 6) is -0.726. The summed E-state index contributed by atoms with van der Waals surface area (Å²) in [6, 6.07) is 6.62. The van der Waals surface area contributed by atoms with Gasteiger partial charge in [-0.2, -0.15) is 5.10 Å². The molecule has 0 radical (unpaired) electrons. The SMILES string of the molecule is COc1ccc(C2/C(=C(\O)c3c(C)nn(C)c3C)C(=O)C(=O)N2CCN2CCCC2)cc1. The lowest BCUT2D eigenvalue weighted by atomic mass is 9.94. The molecular weight excluding hydrogens is 408 g/mol. The monoisotopic (exact) mass is 438 g/mol. The molecule has 0 saturated carbocycles. The van der Waals surface area contributed by atoms with Gasteiger partial charge in [-0.1, -0.05) is 12.1 Å². The van der Waals surface area contributed by atoms with E-state index in [4.69, 9.17) is 4.74 Å². The van der Waals surface area contributed by atoms with Crippen LogP contribution in [0, 0.1) is 13.8 Å². The molecule has 0 spiro atoms. The van der Waals surface area contributed by atoms with Crippen LogP contribution >= 0.6 is 0 Å². The minimum absolute atomic E-state index is 0.112. The Morgan fingerprint density at radius 2 is 1.78 bits per heavy atom. The van der Waals surface area contributed by atoms with E-state index in [0.717, 1.165) is 37.2 Å². The molecule has 2 aliphatic rings. The van der Waals surface area contributed by atoms with Crippen molar-refractivity contribution in [1.29, 1.82) is 0 Å². The highest BCUT2D eigenvalue weighted by Gasteiger charge is 2.46. The lowest BCUT2D eigenvalue weighted by Crippen LogP contribution is -2.37. The van der Waals surface area contributed by atoms with Gasteiger partial charge in [-0.05, 0) is 57.5 Å². The van der Waals surface area contributed by atoms with E-state index in [-0.39, 0.29) is 11.3 Å². The van der Waals surface area contributed by atoms with Gasteiger partial charge in [-0.25, -0.2) is 0 Å². The summed E-state index contributed by atoms with van der Waals surface area (Å²) in [7, 11) is 3.37. The van der Waals surface area contributed by atoms with Crippen LogP contribution in [-0.2, 0) is 16.6 Å². The predicted octanol–water partition coefficient (Wildman–Crippen LogP) is 2.56. The lowest BCUT2D eigenvalue weighted by Gasteiger charge is -2.27. The van der Waals surface area contributed by atoms with Crippen molar-refractivity contribution >= 4 is 17.4 Å². The number of carbonyl (C=O) groups excluding carboxylic acids is 2. The molecule has 2 fully saturated rings. The number of hydrogen-bond donors (Lipinski definition) is 1. The van der Waals surface area contributed by atoms with Crippen LogP contribution in [0.2, 0.25) is 0 Å². The van der Waals surface area contributed by atoms with Gasteiger partial charge >= 0.3 is 0 Å². The molecule has 1 amide bonds. The normalized spacial score (nSPS) is 21.0. The standard InChI is InChI=1S/C24H30N4O4/c1-15-19(16(2)26(3)25-15)22(29)20-21(17-7-9-18(32-4)10-8-17)28(24(31)23(20)30)14-13-27-11-5-6-12-27/h7-10,21,29H,5-6,11-14H2,1-4H3/b22-20+. The minimum Gasteiger partial charge on any atom is -0.507 e. The number of aromatic nitrogens is 2. The van der Waals surface area contributed by atoms with E-state index >= 15 is 0 Å². The number of benzene rings is 1. The molecule has 1 aromatic carbocycles. The fourth-order valence-corrected chi connectivity index (χ4v) is 4.75. The number of nitrogens with zero attached hydrogens (tertiary/aromatic N) is 4. The first kappa shape index (κ1) is 22.1. The second-order valence-corrected chi connectivity index (χ2v) is 8.48. The molecule has 1 aromatic heterocycles. The molecule has 8 nitrogen and oxygen atoms in total. The second kappa shape index (κ2) is 8.78. The molecule has 0 bridgehead atoms. The van der Waals surface area contributed by atoms with Gasteiger partial charge in [0.15, 0.2) is 0 Å². The maximum atomic E-state index is 13.2. The van der Waals surface area contributed by atoms with Gasteiger partial charge in [0.2, 0.25) is 0 Å². The molecular formula is C24H30N4O4. The predicted molar refractivity (Wildman–Crippen MR) is 120 cm³/mol. The number of ether oxygens (including phenoxy) is 1. The van der Waals surface area contributed by atoms with Crippen LogP contribution < -0.4 is 4.74 Å². The molecule has 2 aromatic rings. The number of aryl methyl sites for hydroxylation is 2. The Morgan fingerprint density at radius 1 is 1.12 bits per heavy atom. The molecule has 1 unspecified atom stereocenters. The van der Waals surface area contributed by atoms with Crippen LogP contribution in [-0.4, -0.2) is 69.7 Å². The van der Waals surface area contributed by atoms with Gasteiger partial charge in [0, 0.05) is 25.8 Å². The summed E-state index contributed by atoms with van der Waals surface area (Å²) in [5, 5.41) is 15.7. The van der Waals surface area contributed by atoms with Gasteiger partial charge in [-0.15, -0.1) is 0 Å². The second-order valence-electron chi connectivity index (χ2n) is 8.48. The third-order valence-electron chi connectivity index (χ3n) is 6.57. The Kier molecular flexibility index (Phi) is 6.06. The maximum absolute atomic E-state index is 13.2. The molecule has 0 aliphatic carbocycles. The quantitative estimate of drug-likeness (QED) is 0.424. The number of methoxy groups -OCH3 is 1. The number of hydrogen-bond acceptors (Lipinski definition) is 6. The zero-order valence-electron chi connectivity index (χ0n) is 19.1. The fraction of sp³-hybridized carbons (Fsp3) is 0.458. The Labute approximate surface area is 188 Å². The number of aliphatic hydroxyl groups is 1. The number of Topliss-reactive ketones (excluding diaryl/α,β-unsaturated/α-hetero) is 1. The number of aliphatic hydroxyl groups excluding tert-OH is 1. The Balaban J connectivity index is 1.80. The van der Waals surface area contributed by atoms with E-state index in [1.54, 1.807) is 42.8 Å². The third-order valence-corrected chi connectivity index (χ3v) is 6.57. The molecule has 8 heteroatoms. The van der Waals surface area contributed by atoms with E-state index in [1.807, 2.05) is 19.1 Å². The highest BCUT2D eigenvalue weighted by Crippen LogP contribution is 2.40. The Bertz CT molecular complexity index is 1060. The van der Waals surface area contributed by atoms with E-state index in [0.29, 0.717) is 30.1 Å². The number of amides is 1. The molecule has 2 aliphatic heterocycles. The summed E-state index contributed by atoms with van der Waals surface area (Å²) in [6.45, 7) is 6.75. The summed E-state index contributed by atoms with van der Waals surface area (Å²) in [6.07, 6.45) is 2.31. The number of carbonyl (C=O) groups is 2. The van der Waals surface area contributed by atoms with Crippen molar-refractivity contribution in [2.24, 2.45) is 7.05 Å². The summed E-state index contributed by atoms with van der Waals surface area (Å²) >= 11 is 0. The van der Waals surface area contributed by atoms with Crippen LogP contribution in [0.4, 0.5) is 0 Å². The third kappa shape index (κ3) is 3.79. The van der Waals surface area contributed by atoms with Crippen molar-refractivity contribution in [3.8, 4) is 5.75 Å². The Hall–Kier alpha value is -3.13. The van der Waals surface area contributed by atoms with Crippen LogP contribution in [0.1, 0.15) is 41.4 Å². The number of rotatable bonds is 6. The van der Waals surface area contributed by atoms with Crippen molar-refractivity contribution < 1.29 is 19.4 Å². The highest BCUT2D eigenvalue weighted by molar-refractivity contribution is 6.46. The van der Waals surface area contributed by atoms with Gasteiger partial charge < -0.3 is 19.6 Å². The smallest absolute Gasteiger partial charge is 0.295 e. The van der Waals surface area contributed by atoms with Gasteiger partial charge in [0.25, 0.3) is 11.7 Å².